The van der Waals surface area contributed by atoms with Crippen molar-refractivity contribution < 1.29 is 0 Å². The van der Waals surface area contributed by atoms with Crippen LogP contribution < -0.4 is 5.32 Å². The maximum Gasteiger partial charge on any atom is 0.104 e. The Morgan fingerprint density at radius 1 is 1.44 bits per heavy atom. The van der Waals surface area contributed by atoms with Gasteiger partial charge in [0, 0.05) is 0 Å². The van der Waals surface area contributed by atoms with Crippen LogP contribution in [0.15, 0.2) is 30.5 Å². The molecule has 0 aliphatic rings. The molecule has 0 aliphatic carbocycles. The summed E-state index contributed by atoms with van der Waals surface area (Å²) in [4.78, 5) is 0. The van der Waals surface area contributed by atoms with Crippen LogP contribution in [0, 0.1) is 0 Å². The molecular weight excluding hydrogens is 200 g/mol. The summed E-state index contributed by atoms with van der Waals surface area (Å²) in [5.74, 6) is 0. The van der Waals surface area contributed by atoms with Crippen molar-refractivity contribution in [3.8, 4) is 0 Å². The first kappa shape index (κ1) is 10.8. The minimum atomic E-state index is 0.102. The molecule has 1 aromatic heterocycles. The van der Waals surface area contributed by atoms with E-state index >= 15 is 0 Å². The molecule has 0 bridgehead atoms. The van der Waals surface area contributed by atoms with E-state index in [4.69, 9.17) is 0 Å². The monoisotopic (exact) mass is 216 g/mol. The Morgan fingerprint density at radius 3 is 2.94 bits per heavy atom. The van der Waals surface area contributed by atoms with Gasteiger partial charge in [-0.2, -0.15) is 15.4 Å². The van der Waals surface area contributed by atoms with Gasteiger partial charge in [-0.1, -0.05) is 31.2 Å². The SMILES string of the molecule is CCc1cccc(C(NC)c2cn[nH]n2)c1. The molecule has 84 valence electrons. The van der Waals surface area contributed by atoms with Crippen molar-refractivity contribution in [1.82, 2.24) is 20.7 Å². The Hall–Kier alpha value is -1.68. The highest BCUT2D eigenvalue weighted by Gasteiger charge is 2.14. The Morgan fingerprint density at radius 2 is 2.31 bits per heavy atom. The number of aromatic amines is 1. The summed E-state index contributed by atoms with van der Waals surface area (Å²) < 4.78 is 0. The van der Waals surface area contributed by atoms with Crippen LogP contribution >= 0.6 is 0 Å². The van der Waals surface area contributed by atoms with Crippen molar-refractivity contribution in [2.24, 2.45) is 0 Å². The fourth-order valence-corrected chi connectivity index (χ4v) is 1.83. The van der Waals surface area contributed by atoms with Gasteiger partial charge in [0.15, 0.2) is 0 Å². The Balaban J connectivity index is 2.33. The number of benzene rings is 1. The highest BCUT2D eigenvalue weighted by molar-refractivity contribution is 5.30. The lowest BCUT2D eigenvalue weighted by molar-refractivity contribution is 0.666. The normalized spacial score (nSPS) is 12.6. The summed E-state index contributed by atoms with van der Waals surface area (Å²) in [5.41, 5.74) is 3.47. The molecular formula is C12H16N4. The third-order valence-electron chi connectivity index (χ3n) is 2.71. The summed E-state index contributed by atoms with van der Waals surface area (Å²) in [7, 11) is 1.93. The lowest BCUT2D eigenvalue weighted by Crippen LogP contribution is -2.18. The van der Waals surface area contributed by atoms with Crippen LogP contribution in [0.25, 0.3) is 0 Å². The van der Waals surface area contributed by atoms with Gasteiger partial charge in [-0.3, -0.25) is 0 Å². The van der Waals surface area contributed by atoms with Crippen molar-refractivity contribution >= 4 is 0 Å². The molecule has 16 heavy (non-hydrogen) atoms. The van der Waals surface area contributed by atoms with Gasteiger partial charge in [0.05, 0.1) is 12.2 Å². The highest BCUT2D eigenvalue weighted by Crippen LogP contribution is 2.20. The fourth-order valence-electron chi connectivity index (χ4n) is 1.83. The van der Waals surface area contributed by atoms with Gasteiger partial charge in [-0.15, -0.1) is 0 Å². The Labute approximate surface area is 95.1 Å². The molecule has 0 amide bonds. The second kappa shape index (κ2) is 4.90. The molecule has 1 unspecified atom stereocenters. The van der Waals surface area contributed by atoms with E-state index in [1.54, 1.807) is 6.20 Å². The van der Waals surface area contributed by atoms with E-state index in [1.165, 1.54) is 11.1 Å². The molecule has 0 radical (unpaired) electrons. The van der Waals surface area contributed by atoms with E-state index in [0.717, 1.165) is 12.1 Å². The van der Waals surface area contributed by atoms with Gasteiger partial charge in [0.2, 0.25) is 0 Å². The van der Waals surface area contributed by atoms with Crippen molar-refractivity contribution in [2.75, 3.05) is 7.05 Å². The number of hydrogen-bond acceptors (Lipinski definition) is 3. The summed E-state index contributed by atoms with van der Waals surface area (Å²) in [6, 6.07) is 8.63. The number of rotatable bonds is 4. The van der Waals surface area contributed by atoms with Gasteiger partial charge in [0.25, 0.3) is 0 Å². The zero-order valence-corrected chi connectivity index (χ0v) is 9.57. The molecule has 2 rings (SSSR count). The van der Waals surface area contributed by atoms with Gasteiger partial charge in [0.1, 0.15) is 5.69 Å². The average molecular weight is 216 g/mol. The predicted octanol–water partition coefficient (Wildman–Crippen LogP) is 1.68. The van der Waals surface area contributed by atoms with Gasteiger partial charge >= 0.3 is 0 Å². The van der Waals surface area contributed by atoms with Gasteiger partial charge < -0.3 is 5.32 Å². The number of hydrogen-bond donors (Lipinski definition) is 2. The predicted molar refractivity (Wildman–Crippen MR) is 63.1 cm³/mol. The largest absolute Gasteiger partial charge is 0.308 e. The summed E-state index contributed by atoms with van der Waals surface area (Å²) in [6.07, 6.45) is 2.79. The van der Waals surface area contributed by atoms with Crippen LogP contribution in [0.4, 0.5) is 0 Å². The zero-order chi connectivity index (χ0) is 11.4. The smallest absolute Gasteiger partial charge is 0.104 e. The number of H-pyrrole nitrogens is 1. The molecule has 2 N–H and O–H groups in total. The fraction of sp³-hybridized carbons (Fsp3) is 0.333. The maximum absolute atomic E-state index is 4.12. The minimum absolute atomic E-state index is 0.102. The van der Waals surface area contributed by atoms with Crippen molar-refractivity contribution in [1.29, 1.82) is 0 Å². The summed E-state index contributed by atoms with van der Waals surface area (Å²) in [6.45, 7) is 2.16. The highest BCUT2D eigenvalue weighted by atomic mass is 15.3. The molecule has 0 aliphatic heterocycles. The second-order valence-corrected chi connectivity index (χ2v) is 3.72. The quantitative estimate of drug-likeness (QED) is 0.817. The molecule has 0 fully saturated rings. The van der Waals surface area contributed by atoms with E-state index in [2.05, 4.69) is 51.9 Å². The van der Waals surface area contributed by atoms with Gasteiger partial charge in [-0.25, -0.2) is 0 Å². The number of nitrogens with one attached hydrogen (secondary N) is 2. The lowest BCUT2D eigenvalue weighted by Gasteiger charge is -2.14. The third-order valence-corrected chi connectivity index (χ3v) is 2.71. The van der Waals surface area contributed by atoms with Crippen LogP contribution in [0.2, 0.25) is 0 Å². The number of aromatic nitrogens is 3. The zero-order valence-electron chi connectivity index (χ0n) is 9.57. The third kappa shape index (κ3) is 2.12. The van der Waals surface area contributed by atoms with E-state index in [0.29, 0.717) is 0 Å². The van der Waals surface area contributed by atoms with Crippen LogP contribution in [0.1, 0.15) is 29.8 Å². The molecule has 4 nitrogen and oxygen atoms in total. The van der Waals surface area contributed by atoms with Gasteiger partial charge in [-0.05, 0) is 24.6 Å². The number of nitrogens with zero attached hydrogens (tertiary/aromatic N) is 2. The first-order valence-electron chi connectivity index (χ1n) is 5.47. The number of aryl methyl sites for hydroxylation is 1. The maximum atomic E-state index is 4.12. The molecule has 2 aromatic rings. The summed E-state index contributed by atoms with van der Waals surface area (Å²) in [5, 5.41) is 13.9. The molecule has 4 heteroatoms. The van der Waals surface area contributed by atoms with E-state index in [1.807, 2.05) is 7.05 Å². The molecule has 0 saturated heterocycles. The average Bonchev–Trinajstić information content (AvgIpc) is 2.84. The topological polar surface area (TPSA) is 53.6 Å². The molecule has 0 spiro atoms. The van der Waals surface area contributed by atoms with Crippen LogP contribution in [0.3, 0.4) is 0 Å². The van der Waals surface area contributed by atoms with Crippen molar-refractivity contribution in [3.05, 3.63) is 47.3 Å². The molecule has 0 saturated carbocycles. The second-order valence-electron chi connectivity index (χ2n) is 3.72. The summed E-state index contributed by atoms with van der Waals surface area (Å²) >= 11 is 0. The molecule has 1 atom stereocenters. The van der Waals surface area contributed by atoms with Crippen LogP contribution in [-0.2, 0) is 6.42 Å². The van der Waals surface area contributed by atoms with Crippen molar-refractivity contribution in [3.63, 3.8) is 0 Å². The first-order chi connectivity index (χ1) is 7.85. The first-order valence-corrected chi connectivity index (χ1v) is 5.47. The lowest BCUT2D eigenvalue weighted by atomic mass is 10.0. The van der Waals surface area contributed by atoms with E-state index in [-0.39, 0.29) is 6.04 Å². The standard InChI is InChI=1S/C12H16N4/c1-3-9-5-4-6-10(7-9)12(13-2)11-8-14-16-15-11/h4-8,12-13H,3H2,1-2H3,(H,14,15,16). The van der Waals surface area contributed by atoms with Crippen LogP contribution in [0.5, 0.6) is 0 Å². The van der Waals surface area contributed by atoms with E-state index < -0.39 is 0 Å². The Kier molecular flexibility index (Phi) is 3.31. The van der Waals surface area contributed by atoms with Crippen LogP contribution in [-0.4, -0.2) is 22.5 Å². The molecule has 1 heterocycles. The molecule has 1 aromatic carbocycles. The Bertz CT molecular complexity index is 436. The van der Waals surface area contributed by atoms with E-state index in [9.17, 15) is 0 Å². The minimum Gasteiger partial charge on any atom is -0.308 e. The van der Waals surface area contributed by atoms with Crippen molar-refractivity contribution in [2.45, 2.75) is 19.4 Å².